The largest absolute Gasteiger partial charge is 0.453 e. The quantitative estimate of drug-likeness (QED) is 0.624. The second kappa shape index (κ2) is 9.00. The maximum Gasteiger partial charge on any atom is 0.410 e. The van der Waals surface area contributed by atoms with Crippen molar-refractivity contribution >= 4 is 27.7 Å². The van der Waals surface area contributed by atoms with Crippen LogP contribution in [0.4, 0.5) is 9.18 Å². The van der Waals surface area contributed by atoms with E-state index in [0.29, 0.717) is 17.4 Å². The molecule has 0 spiro atoms. The predicted molar refractivity (Wildman–Crippen MR) is 114 cm³/mol. The number of nitrogens with zero attached hydrogens (tertiary/aromatic N) is 3. The monoisotopic (exact) mass is 490 g/mol. The number of amides is 1. The van der Waals surface area contributed by atoms with E-state index >= 15 is 0 Å². The minimum Gasteiger partial charge on any atom is -0.453 e. The van der Waals surface area contributed by atoms with E-state index in [1.165, 1.54) is 12.0 Å². The molecule has 1 saturated heterocycles. The summed E-state index contributed by atoms with van der Waals surface area (Å²) in [6, 6.07) is -3.00. The number of ether oxygens (including phenoxy) is 2. The van der Waals surface area contributed by atoms with Gasteiger partial charge in [0.2, 0.25) is 16.0 Å². The molecule has 32 heavy (non-hydrogen) atoms. The number of hydrogen-bond acceptors (Lipinski definition) is 7. The fourth-order valence-corrected chi connectivity index (χ4v) is 6.23. The number of nitrogens with one attached hydrogen (secondary N) is 1. The zero-order valence-corrected chi connectivity index (χ0v) is 19.6. The molecule has 3 aliphatic rings. The highest BCUT2D eigenvalue weighted by molar-refractivity contribution is 7.89. The Kier molecular flexibility index (Phi) is 6.63. The van der Waals surface area contributed by atoms with Gasteiger partial charge in [0.15, 0.2) is 0 Å². The van der Waals surface area contributed by atoms with E-state index < -0.39 is 34.2 Å². The first-order valence-corrected chi connectivity index (χ1v) is 12.7. The molecule has 4 rings (SSSR count). The van der Waals surface area contributed by atoms with E-state index in [1.54, 1.807) is 19.3 Å². The lowest BCUT2D eigenvalue weighted by atomic mass is 9.86. The Labute approximate surface area is 192 Å². The molecule has 1 amide bonds. The van der Waals surface area contributed by atoms with Gasteiger partial charge in [-0.3, -0.25) is 4.90 Å². The number of likely N-dealkylation sites (tertiary alicyclic amines) is 1. The minimum atomic E-state index is -4.08. The Hall–Kier alpha value is -1.56. The van der Waals surface area contributed by atoms with Crippen LogP contribution in [0.15, 0.2) is 12.4 Å². The van der Waals surface area contributed by atoms with Crippen LogP contribution in [-0.4, -0.2) is 73.3 Å². The number of hydrogen-bond donors (Lipinski definition) is 1. The Morgan fingerprint density at radius 1 is 1.38 bits per heavy atom. The van der Waals surface area contributed by atoms with Gasteiger partial charge in [0.25, 0.3) is 0 Å². The normalized spacial score (nSPS) is 34.2. The van der Waals surface area contributed by atoms with Crippen LogP contribution in [0.5, 0.6) is 0 Å². The number of carbonyl (C=O) groups excluding carboxylic acids is 1. The molecule has 1 aromatic heterocycles. The van der Waals surface area contributed by atoms with Gasteiger partial charge in [0, 0.05) is 29.9 Å². The molecular weight excluding hydrogens is 463 g/mol. The second-order valence-corrected chi connectivity index (χ2v) is 11.1. The summed E-state index contributed by atoms with van der Waals surface area (Å²) in [5, 5.41) is 0.512. The van der Waals surface area contributed by atoms with Gasteiger partial charge in [-0.25, -0.2) is 32.3 Å². The lowest BCUT2D eigenvalue weighted by Crippen LogP contribution is -2.50. The lowest BCUT2D eigenvalue weighted by Gasteiger charge is -2.32. The molecule has 1 N–H and O–H groups in total. The Morgan fingerprint density at radius 2 is 2.09 bits per heavy atom. The first kappa shape index (κ1) is 23.6. The van der Waals surface area contributed by atoms with E-state index in [4.69, 9.17) is 21.1 Å². The van der Waals surface area contributed by atoms with Crippen LogP contribution in [0.1, 0.15) is 44.9 Å². The van der Waals surface area contributed by atoms with Crippen molar-refractivity contribution in [2.45, 2.75) is 68.7 Å². The average Bonchev–Trinajstić information content (AvgIpc) is 3.42. The Bertz CT molecular complexity index is 952. The summed E-state index contributed by atoms with van der Waals surface area (Å²) in [4.78, 5) is 22.6. The highest BCUT2D eigenvalue weighted by Gasteiger charge is 2.60. The first-order valence-electron chi connectivity index (χ1n) is 10.7. The molecule has 1 aromatic rings. The molecule has 6 atom stereocenters. The standard InChI is InChI=1S/C20H28ClFN4O5S/c1-12-5-16(25-32(28,29)11-22)17(26(12)19(27)30-2)10-31-15-3-4-20(7-13(20)6-15)18-23-8-14(21)9-24-18/h8-9,12-13,15-17,25H,3-7,10-11H2,1-2H3/t12-,13-,15+,16+,17+,20-/m1/s1. The number of fused-ring (bicyclic) bond motifs is 1. The topological polar surface area (TPSA) is 111 Å². The van der Waals surface area contributed by atoms with Gasteiger partial charge in [-0.15, -0.1) is 0 Å². The van der Waals surface area contributed by atoms with Crippen molar-refractivity contribution in [1.29, 1.82) is 0 Å². The summed E-state index contributed by atoms with van der Waals surface area (Å²) in [7, 11) is -2.80. The third kappa shape index (κ3) is 4.57. The van der Waals surface area contributed by atoms with Crippen molar-refractivity contribution in [3.05, 3.63) is 23.2 Å². The molecule has 2 aliphatic carbocycles. The predicted octanol–water partition coefficient (Wildman–Crippen LogP) is 2.40. The molecule has 12 heteroatoms. The number of carbonyl (C=O) groups is 1. The molecule has 0 aromatic carbocycles. The first-order chi connectivity index (χ1) is 15.2. The average molecular weight is 491 g/mol. The van der Waals surface area contributed by atoms with Gasteiger partial charge >= 0.3 is 6.09 Å². The molecule has 1 aliphatic heterocycles. The van der Waals surface area contributed by atoms with Crippen LogP contribution in [0.2, 0.25) is 5.02 Å². The van der Waals surface area contributed by atoms with Crippen LogP contribution < -0.4 is 4.72 Å². The molecule has 2 saturated carbocycles. The van der Waals surface area contributed by atoms with E-state index in [9.17, 15) is 17.6 Å². The van der Waals surface area contributed by atoms with E-state index in [2.05, 4.69) is 14.7 Å². The van der Waals surface area contributed by atoms with Gasteiger partial charge in [-0.2, -0.15) is 0 Å². The van der Waals surface area contributed by atoms with Crippen molar-refractivity contribution in [2.24, 2.45) is 5.92 Å². The maximum atomic E-state index is 12.9. The molecule has 178 valence electrons. The van der Waals surface area contributed by atoms with Crippen LogP contribution >= 0.6 is 11.6 Å². The third-order valence-corrected chi connectivity index (χ3v) is 8.16. The molecule has 0 radical (unpaired) electrons. The number of sulfonamides is 1. The number of rotatable bonds is 7. The third-order valence-electron chi connectivity index (χ3n) is 7.01. The van der Waals surface area contributed by atoms with Gasteiger partial charge in [-0.05, 0) is 44.9 Å². The molecular formula is C20H28ClFN4O5S. The van der Waals surface area contributed by atoms with Gasteiger partial charge in [-0.1, -0.05) is 11.6 Å². The SMILES string of the molecule is COC(=O)N1[C@H](C)C[C@H](NS(=O)(=O)CF)[C@@H]1CO[C@H]1CC[C@@]2(c3ncc(Cl)cn3)C[C@H]2C1. The van der Waals surface area contributed by atoms with Crippen molar-refractivity contribution < 1.29 is 27.1 Å². The fraction of sp³-hybridized carbons (Fsp3) is 0.750. The molecule has 2 heterocycles. The fourth-order valence-electron chi connectivity index (χ4n) is 5.36. The Morgan fingerprint density at radius 3 is 2.72 bits per heavy atom. The van der Waals surface area contributed by atoms with Crippen LogP contribution in [-0.2, 0) is 24.9 Å². The number of methoxy groups -OCH3 is 1. The summed E-state index contributed by atoms with van der Waals surface area (Å²) in [6.07, 6.45) is 6.57. The van der Waals surface area contributed by atoms with Crippen LogP contribution in [0.3, 0.4) is 0 Å². The molecule has 0 unspecified atom stereocenters. The minimum absolute atomic E-state index is 0.0102. The number of alkyl halides is 1. The molecule has 9 nitrogen and oxygen atoms in total. The summed E-state index contributed by atoms with van der Waals surface area (Å²) >= 11 is 5.91. The summed E-state index contributed by atoms with van der Waals surface area (Å²) in [6.45, 7) is 1.94. The van der Waals surface area contributed by atoms with Crippen molar-refractivity contribution in [2.75, 3.05) is 19.7 Å². The zero-order chi connectivity index (χ0) is 23.1. The van der Waals surface area contributed by atoms with Crippen LogP contribution in [0.25, 0.3) is 0 Å². The van der Waals surface area contributed by atoms with Gasteiger partial charge in [0.1, 0.15) is 5.82 Å². The zero-order valence-electron chi connectivity index (χ0n) is 18.0. The maximum absolute atomic E-state index is 12.9. The van der Waals surface area contributed by atoms with E-state index in [0.717, 1.165) is 31.5 Å². The molecule has 3 fully saturated rings. The smallest absolute Gasteiger partial charge is 0.410 e. The number of aromatic nitrogens is 2. The highest BCUT2D eigenvalue weighted by atomic mass is 35.5. The van der Waals surface area contributed by atoms with Crippen molar-refractivity contribution in [3.63, 3.8) is 0 Å². The summed E-state index contributed by atoms with van der Waals surface area (Å²) in [5.74, 6) is 1.25. The van der Waals surface area contributed by atoms with Crippen LogP contribution in [0, 0.1) is 5.92 Å². The Balaban J connectivity index is 1.40. The van der Waals surface area contributed by atoms with Gasteiger partial charge < -0.3 is 9.47 Å². The summed E-state index contributed by atoms with van der Waals surface area (Å²) in [5.41, 5.74) is -0.0102. The second-order valence-electron chi connectivity index (χ2n) is 8.99. The van der Waals surface area contributed by atoms with Crippen molar-refractivity contribution in [3.8, 4) is 0 Å². The van der Waals surface area contributed by atoms with E-state index in [-0.39, 0.29) is 24.2 Å². The summed E-state index contributed by atoms with van der Waals surface area (Å²) < 4.78 is 50.0. The van der Waals surface area contributed by atoms with Gasteiger partial charge in [0.05, 0.1) is 30.9 Å². The lowest BCUT2D eigenvalue weighted by molar-refractivity contribution is -0.0103. The van der Waals surface area contributed by atoms with Crippen molar-refractivity contribution in [1.82, 2.24) is 19.6 Å². The highest BCUT2D eigenvalue weighted by Crippen LogP contribution is 2.61. The number of halogens is 2. The molecule has 0 bridgehead atoms. The van der Waals surface area contributed by atoms with E-state index in [1.807, 2.05) is 0 Å².